The number of nitrogens with zero attached hydrogens (tertiary/aromatic N) is 2. The van der Waals surface area contributed by atoms with Crippen molar-refractivity contribution < 1.29 is 9.47 Å². The lowest BCUT2D eigenvalue weighted by Gasteiger charge is -2.30. The second-order valence-electron chi connectivity index (χ2n) is 8.07. The van der Waals surface area contributed by atoms with Gasteiger partial charge < -0.3 is 14.8 Å². The number of fused-ring (bicyclic) bond motifs is 5. The average molecular weight is 434 g/mol. The van der Waals surface area contributed by atoms with Gasteiger partial charge >= 0.3 is 0 Å². The first-order valence-corrected chi connectivity index (χ1v) is 11.0. The van der Waals surface area contributed by atoms with Crippen molar-refractivity contribution in [3.05, 3.63) is 108 Å². The van der Waals surface area contributed by atoms with Gasteiger partial charge in [-0.25, -0.2) is 4.98 Å². The molecule has 6 rings (SSSR count). The van der Waals surface area contributed by atoms with Crippen molar-refractivity contribution in [3.63, 3.8) is 0 Å². The van der Waals surface area contributed by atoms with Gasteiger partial charge in [0.05, 0.1) is 18.1 Å². The minimum atomic E-state index is -0.132. The Labute approximate surface area is 192 Å². The van der Waals surface area contributed by atoms with Crippen molar-refractivity contribution in [2.75, 3.05) is 12.4 Å². The van der Waals surface area contributed by atoms with E-state index in [4.69, 9.17) is 14.5 Å². The molecule has 5 heteroatoms. The van der Waals surface area contributed by atoms with E-state index in [1.165, 1.54) is 0 Å². The Morgan fingerprint density at radius 1 is 0.848 bits per heavy atom. The van der Waals surface area contributed by atoms with E-state index in [2.05, 4.69) is 64.5 Å². The van der Waals surface area contributed by atoms with Crippen LogP contribution in [0.3, 0.4) is 0 Å². The zero-order valence-corrected chi connectivity index (χ0v) is 18.2. The van der Waals surface area contributed by atoms with E-state index >= 15 is 0 Å². The van der Waals surface area contributed by atoms with E-state index < -0.39 is 0 Å². The molecule has 4 aromatic carbocycles. The maximum atomic E-state index is 6.19. The van der Waals surface area contributed by atoms with Crippen LogP contribution >= 0.6 is 0 Å². The number of hydrogen-bond acceptors (Lipinski definition) is 4. The lowest BCUT2D eigenvalue weighted by molar-refractivity contribution is 0.284. The number of rotatable bonds is 5. The molecule has 1 aromatic heterocycles. The third-order valence-corrected chi connectivity index (χ3v) is 6.05. The van der Waals surface area contributed by atoms with E-state index in [1.54, 1.807) is 7.11 Å². The molecule has 0 spiro atoms. The fourth-order valence-electron chi connectivity index (χ4n) is 4.46. The number of benzene rings is 4. The van der Waals surface area contributed by atoms with Gasteiger partial charge in [-0.15, -0.1) is 0 Å². The average Bonchev–Trinajstić information content (AvgIpc) is 3.27. The van der Waals surface area contributed by atoms with Crippen LogP contribution in [-0.4, -0.2) is 16.7 Å². The number of ether oxygens (including phenoxy) is 2. The number of hydrogen-bond donors (Lipinski definition) is 1. The molecule has 0 saturated carbocycles. The van der Waals surface area contributed by atoms with E-state index in [1.807, 2.05) is 42.5 Å². The Morgan fingerprint density at radius 2 is 1.64 bits per heavy atom. The summed E-state index contributed by atoms with van der Waals surface area (Å²) in [5.74, 6) is 2.38. The van der Waals surface area contributed by atoms with Crippen molar-refractivity contribution in [2.24, 2.45) is 0 Å². The quantitative estimate of drug-likeness (QED) is 0.355. The van der Waals surface area contributed by atoms with Crippen molar-refractivity contribution in [1.29, 1.82) is 0 Å². The minimum Gasteiger partial charge on any atom is -0.493 e. The molecule has 0 fully saturated rings. The molecule has 0 radical (unpaired) electrons. The molecule has 0 bridgehead atoms. The summed E-state index contributed by atoms with van der Waals surface area (Å²) < 4.78 is 14.1. The number of imidazole rings is 1. The first-order chi connectivity index (χ1) is 16.3. The van der Waals surface area contributed by atoms with Crippen LogP contribution in [0.2, 0.25) is 0 Å². The van der Waals surface area contributed by atoms with Gasteiger partial charge in [0.1, 0.15) is 18.6 Å². The Hall–Kier alpha value is -4.25. The smallest absolute Gasteiger partial charge is 0.162 e. The number of para-hydroxylation sites is 3. The van der Waals surface area contributed by atoms with Crippen molar-refractivity contribution in [2.45, 2.75) is 12.8 Å². The first kappa shape index (κ1) is 19.4. The van der Waals surface area contributed by atoms with Crippen molar-refractivity contribution >= 4 is 16.7 Å². The maximum absolute atomic E-state index is 6.19. The number of nitrogens with one attached hydrogen (secondary N) is 1. The summed E-state index contributed by atoms with van der Waals surface area (Å²) in [6, 6.07) is 32.8. The summed E-state index contributed by atoms with van der Waals surface area (Å²) in [6.45, 7) is 0.473. The van der Waals surface area contributed by atoms with Crippen LogP contribution in [0.15, 0.2) is 97.1 Å². The molecule has 0 saturated heterocycles. The van der Waals surface area contributed by atoms with Crippen molar-refractivity contribution in [1.82, 2.24) is 9.55 Å². The second kappa shape index (κ2) is 8.02. The van der Waals surface area contributed by atoms with E-state index in [0.717, 1.165) is 39.2 Å². The molecule has 1 aliphatic rings. The maximum Gasteiger partial charge on any atom is 0.162 e. The highest BCUT2D eigenvalue weighted by Crippen LogP contribution is 2.42. The summed E-state index contributed by atoms with van der Waals surface area (Å²) in [7, 11) is 1.67. The van der Waals surface area contributed by atoms with Gasteiger partial charge in [0, 0.05) is 11.3 Å². The normalized spacial score (nSPS) is 14.3. The van der Waals surface area contributed by atoms with Crippen LogP contribution < -0.4 is 14.8 Å². The second-order valence-corrected chi connectivity index (χ2v) is 8.07. The first-order valence-electron chi connectivity index (χ1n) is 11.0. The Kier molecular flexibility index (Phi) is 4.73. The highest BCUT2D eigenvalue weighted by atomic mass is 16.5. The molecule has 0 amide bonds. The standard InChI is InChI=1S/C28H23N3O2/c1-32-25-16-15-20(17-26(25)33-18-19-9-3-2-4-10-19)27-29-22-12-6-5-11-21(22)28-30-23-13-7-8-14-24(23)31(27)28/h2-17,27,29H,18H2,1H3. The monoisotopic (exact) mass is 433 g/mol. The third kappa shape index (κ3) is 3.38. The molecule has 0 aliphatic carbocycles. The highest BCUT2D eigenvalue weighted by molar-refractivity contribution is 5.86. The number of aromatic nitrogens is 2. The minimum absolute atomic E-state index is 0.132. The molecule has 1 atom stereocenters. The largest absolute Gasteiger partial charge is 0.493 e. The van der Waals surface area contributed by atoms with Gasteiger partial charge in [-0.3, -0.25) is 4.57 Å². The van der Waals surface area contributed by atoms with Crippen LogP contribution in [0.4, 0.5) is 5.69 Å². The molecule has 5 nitrogen and oxygen atoms in total. The van der Waals surface area contributed by atoms with E-state index in [0.29, 0.717) is 18.1 Å². The molecule has 2 heterocycles. The Balaban J connectivity index is 1.45. The molecular formula is C28H23N3O2. The fourth-order valence-corrected chi connectivity index (χ4v) is 4.46. The molecule has 1 aliphatic heterocycles. The van der Waals surface area contributed by atoms with Gasteiger partial charge in [0.2, 0.25) is 0 Å². The fraction of sp³-hybridized carbons (Fsp3) is 0.107. The lowest BCUT2D eigenvalue weighted by atomic mass is 10.1. The summed E-state index contributed by atoms with van der Waals surface area (Å²) in [6.07, 6.45) is -0.132. The van der Waals surface area contributed by atoms with Crippen LogP contribution in [0.25, 0.3) is 22.4 Å². The van der Waals surface area contributed by atoms with Gasteiger partial charge in [-0.2, -0.15) is 0 Å². The molecule has 5 aromatic rings. The summed E-state index contributed by atoms with van der Waals surface area (Å²) in [4.78, 5) is 4.97. The van der Waals surface area contributed by atoms with Crippen molar-refractivity contribution in [3.8, 4) is 22.9 Å². The van der Waals surface area contributed by atoms with Crippen LogP contribution in [0.5, 0.6) is 11.5 Å². The molecule has 1 unspecified atom stereocenters. The molecule has 33 heavy (non-hydrogen) atoms. The van der Waals surface area contributed by atoms with Crippen LogP contribution in [0.1, 0.15) is 17.3 Å². The van der Waals surface area contributed by atoms with Gasteiger partial charge in [0.15, 0.2) is 11.5 Å². The Morgan fingerprint density at radius 3 is 2.52 bits per heavy atom. The summed E-state index contributed by atoms with van der Waals surface area (Å²) in [5.41, 5.74) is 6.40. The van der Waals surface area contributed by atoms with E-state index in [-0.39, 0.29) is 6.17 Å². The van der Waals surface area contributed by atoms with Gasteiger partial charge in [-0.05, 0) is 47.5 Å². The zero-order chi connectivity index (χ0) is 22.2. The topological polar surface area (TPSA) is 48.3 Å². The van der Waals surface area contributed by atoms with Crippen LogP contribution in [-0.2, 0) is 6.61 Å². The number of methoxy groups -OCH3 is 1. The lowest BCUT2D eigenvalue weighted by Crippen LogP contribution is -2.24. The Bertz CT molecular complexity index is 1440. The number of anilines is 1. The van der Waals surface area contributed by atoms with E-state index in [9.17, 15) is 0 Å². The SMILES string of the molecule is COc1ccc(C2Nc3ccccc3-c3nc4ccccc4n32)cc1OCc1ccccc1. The predicted octanol–water partition coefficient (Wildman–Crippen LogP) is 6.26. The molecule has 162 valence electrons. The summed E-state index contributed by atoms with van der Waals surface area (Å²) in [5, 5.41) is 3.71. The van der Waals surface area contributed by atoms with Gasteiger partial charge in [0.25, 0.3) is 0 Å². The summed E-state index contributed by atoms with van der Waals surface area (Å²) >= 11 is 0. The molecule has 1 N–H and O–H groups in total. The molecular weight excluding hydrogens is 410 g/mol. The van der Waals surface area contributed by atoms with Crippen LogP contribution in [0, 0.1) is 0 Å². The third-order valence-electron chi connectivity index (χ3n) is 6.05. The predicted molar refractivity (Wildman–Crippen MR) is 131 cm³/mol. The van der Waals surface area contributed by atoms with Gasteiger partial charge in [-0.1, -0.05) is 60.7 Å². The zero-order valence-electron chi connectivity index (χ0n) is 18.2. The highest BCUT2D eigenvalue weighted by Gasteiger charge is 2.28.